The van der Waals surface area contributed by atoms with Gasteiger partial charge in [0.05, 0.1) is 0 Å². The number of hydrogen-bond donors (Lipinski definition) is 0. The molecule has 7 heteroatoms. The van der Waals surface area contributed by atoms with Crippen LogP contribution in [-0.4, -0.2) is 52.8 Å². The van der Waals surface area contributed by atoms with E-state index in [1.165, 1.54) is 25.5 Å². The second-order valence-corrected chi connectivity index (χ2v) is 12.5. The molecule has 162 valence electrons. The van der Waals surface area contributed by atoms with Gasteiger partial charge in [-0.1, -0.05) is 0 Å². The number of esters is 1. The van der Waals surface area contributed by atoms with E-state index in [9.17, 15) is 13.2 Å². The summed E-state index contributed by atoms with van der Waals surface area (Å²) in [6, 6.07) is 10.4. The molecule has 5 nitrogen and oxygen atoms in total. The number of nitrogens with zero attached hydrogens (tertiary/aromatic N) is 1. The minimum atomic E-state index is -3.78. The number of carbonyl (C=O) groups excluding carboxylic acids is 1. The Morgan fingerprint density at radius 2 is 1.67 bits per heavy atom. The zero-order chi connectivity index (χ0) is 22.1. The van der Waals surface area contributed by atoms with Crippen LogP contribution in [0, 0.1) is 27.7 Å². The standard InChI is InChI=1S/C23H29NO4SSe/c1-6-28-23(25)21-13-20(30-22-17(4)11-16(3)12-18(22)5)14-24(21)29(26,27)19-9-7-15(2)8-10-19/h7-12,20-21H,6,13-14H2,1-5H3/t20-,21-/m1/s1. The van der Waals surface area contributed by atoms with Crippen LogP contribution in [-0.2, 0) is 19.6 Å². The molecule has 0 amide bonds. The van der Waals surface area contributed by atoms with Gasteiger partial charge in [0.15, 0.2) is 0 Å². The van der Waals surface area contributed by atoms with Gasteiger partial charge in [-0.15, -0.1) is 0 Å². The first-order chi connectivity index (χ1) is 14.1. The Bertz CT molecular complexity index is 1010. The van der Waals surface area contributed by atoms with Crippen LogP contribution in [0.1, 0.15) is 35.6 Å². The quantitative estimate of drug-likeness (QED) is 0.458. The fourth-order valence-electron chi connectivity index (χ4n) is 3.94. The second kappa shape index (κ2) is 9.23. The van der Waals surface area contributed by atoms with Crippen LogP contribution in [0.25, 0.3) is 0 Å². The van der Waals surface area contributed by atoms with Crippen molar-refractivity contribution in [1.29, 1.82) is 0 Å². The van der Waals surface area contributed by atoms with E-state index in [1.54, 1.807) is 31.2 Å². The maximum atomic E-state index is 13.4. The van der Waals surface area contributed by atoms with Crippen LogP contribution in [0.3, 0.4) is 0 Å². The third-order valence-electron chi connectivity index (χ3n) is 5.29. The summed E-state index contributed by atoms with van der Waals surface area (Å²) in [5.41, 5.74) is 4.69. The summed E-state index contributed by atoms with van der Waals surface area (Å²) in [4.78, 5) is 13.0. The number of benzene rings is 2. The molecule has 30 heavy (non-hydrogen) atoms. The Balaban J connectivity index is 1.92. The monoisotopic (exact) mass is 495 g/mol. The number of rotatable bonds is 6. The summed E-state index contributed by atoms with van der Waals surface area (Å²) < 4.78 is 34.6. The van der Waals surface area contributed by atoms with Gasteiger partial charge in [-0.25, -0.2) is 0 Å². The molecule has 2 atom stereocenters. The average Bonchev–Trinajstić information content (AvgIpc) is 3.10. The van der Waals surface area contributed by atoms with E-state index in [-0.39, 0.29) is 31.3 Å². The molecule has 0 aliphatic carbocycles. The van der Waals surface area contributed by atoms with E-state index in [2.05, 4.69) is 32.9 Å². The first-order valence-electron chi connectivity index (χ1n) is 10.1. The Labute approximate surface area is 186 Å². The molecular formula is C23H29NO4SSe. The van der Waals surface area contributed by atoms with Crippen molar-refractivity contribution in [2.75, 3.05) is 13.2 Å². The summed E-state index contributed by atoms with van der Waals surface area (Å²) in [6.45, 7) is 10.5. The molecule has 0 radical (unpaired) electrons. The van der Waals surface area contributed by atoms with Crippen molar-refractivity contribution in [2.45, 2.75) is 56.8 Å². The molecule has 0 unspecified atom stereocenters. The van der Waals surface area contributed by atoms with Crippen LogP contribution < -0.4 is 4.46 Å². The van der Waals surface area contributed by atoms with Gasteiger partial charge in [-0.05, 0) is 0 Å². The van der Waals surface area contributed by atoms with Crippen molar-refractivity contribution >= 4 is 35.4 Å². The van der Waals surface area contributed by atoms with E-state index in [1.807, 2.05) is 6.92 Å². The van der Waals surface area contributed by atoms with E-state index in [4.69, 9.17) is 4.74 Å². The summed E-state index contributed by atoms with van der Waals surface area (Å²) in [5, 5.41) is 0. The molecule has 1 aliphatic rings. The normalized spacial score (nSPS) is 19.8. The maximum absolute atomic E-state index is 13.4. The van der Waals surface area contributed by atoms with Crippen molar-refractivity contribution in [1.82, 2.24) is 4.31 Å². The van der Waals surface area contributed by atoms with E-state index in [0.717, 1.165) is 5.56 Å². The average molecular weight is 495 g/mol. The third-order valence-corrected chi connectivity index (χ3v) is 10.4. The molecule has 0 saturated carbocycles. The number of carbonyl (C=O) groups is 1. The molecule has 0 spiro atoms. The van der Waals surface area contributed by atoms with Gasteiger partial charge in [-0.2, -0.15) is 0 Å². The van der Waals surface area contributed by atoms with Gasteiger partial charge in [-0.3, -0.25) is 0 Å². The van der Waals surface area contributed by atoms with Crippen LogP contribution in [0.4, 0.5) is 0 Å². The number of ether oxygens (including phenoxy) is 1. The number of hydrogen-bond acceptors (Lipinski definition) is 4. The Kier molecular flexibility index (Phi) is 7.08. The van der Waals surface area contributed by atoms with E-state index >= 15 is 0 Å². The topological polar surface area (TPSA) is 63.7 Å². The Hall–Kier alpha value is -1.66. The van der Waals surface area contributed by atoms with E-state index < -0.39 is 22.0 Å². The van der Waals surface area contributed by atoms with Gasteiger partial charge in [0.1, 0.15) is 0 Å². The Morgan fingerprint density at radius 1 is 1.07 bits per heavy atom. The molecule has 1 saturated heterocycles. The zero-order valence-electron chi connectivity index (χ0n) is 18.1. The molecule has 3 rings (SSSR count). The third kappa shape index (κ3) is 4.80. The number of aryl methyl sites for hydroxylation is 4. The second-order valence-electron chi connectivity index (χ2n) is 7.86. The molecule has 1 aliphatic heterocycles. The molecule has 2 aromatic rings. The van der Waals surface area contributed by atoms with Crippen LogP contribution in [0.5, 0.6) is 0 Å². The van der Waals surface area contributed by atoms with Gasteiger partial charge in [0.2, 0.25) is 0 Å². The van der Waals surface area contributed by atoms with Crippen molar-refractivity contribution in [2.24, 2.45) is 0 Å². The van der Waals surface area contributed by atoms with Crippen molar-refractivity contribution in [3.63, 3.8) is 0 Å². The molecule has 1 fully saturated rings. The van der Waals surface area contributed by atoms with Gasteiger partial charge >= 0.3 is 186 Å². The van der Waals surface area contributed by atoms with Crippen molar-refractivity contribution in [3.8, 4) is 0 Å². The molecule has 0 aromatic heterocycles. The predicted molar refractivity (Wildman–Crippen MR) is 120 cm³/mol. The fourth-order valence-corrected chi connectivity index (χ4v) is 8.59. The predicted octanol–water partition coefficient (Wildman–Crippen LogP) is 3.06. The van der Waals surface area contributed by atoms with E-state index in [0.29, 0.717) is 13.0 Å². The summed E-state index contributed by atoms with van der Waals surface area (Å²) in [7, 11) is -3.78. The number of sulfonamides is 1. The molecule has 0 N–H and O–H groups in total. The summed E-state index contributed by atoms with van der Waals surface area (Å²) in [6.07, 6.45) is 0.497. The SMILES string of the molecule is CCOC(=O)[C@H]1C[C@@H]([Se]c2c(C)cc(C)cc2C)CN1S(=O)(=O)c1ccc(C)cc1. The van der Waals surface area contributed by atoms with Crippen molar-refractivity contribution in [3.05, 3.63) is 58.7 Å². The molecular weight excluding hydrogens is 465 g/mol. The summed E-state index contributed by atoms with van der Waals surface area (Å²) >= 11 is 0.0597. The molecule has 2 aromatic carbocycles. The zero-order valence-corrected chi connectivity index (χ0v) is 20.7. The first kappa shape index (κ1) is 23.0. The molecule has 1 heterocycles. The van der Waals surface area contributed by atoms with Gasteiger partial charge in [0, 0.05) is 0 Å². The molecule has 0 bridgehead atoms. The van der Waals surface area contributed by atoms with Gasteiger partial charge < -0.3 is 0 Å². The Morgan fingerprint density at radius 3 is 2.23 bits per heavy atom. The van der Waals surface area contributed by atoms with Crippen LogP contribution in [0.15, 0.2) is 41.3 Å². The summed E-state index contributed by atoms with van der Waals surface area (Å²) in [5.74, 6) is -0.455. The van der Waals surface area contributed by atoms with Crippen LogP contribution >= 0.6 is 0 Å². The minimum absolute atomic E-state index is 0.0597. The first-order valence-corrected chi connectivity index (χ1v) is 13.4. The fraction of sp³-hybridized carbons (Fsp3) is 0.435. The van der Waals surface area contributed by atoms with Crippen LogP contribution in [0.2, 0.25) is 4.82 Å². The van der Waals surface area contributed by atoms with Crippen molar-refractivity contribution < 1.29 is 17.9 Å². The van der Waals surface area contributed by atoms with Gasteiger partial charge in [0.25, 0.3) is 0 Å².